The lowest BCUT2D eigenvalue weighted by Crippen LogP contribution is -2.00. The van der Waals surface area contributed by atoms with Gasteiger partial charge < -0.3 is 9.52 Å². The zero-order valence-corrected chi connectivity index (χ0v) is 13.5. The number of hydrogen-bond acceptors (Lipinski definition) is 6. The molecule has 118 valence electrons. The van der Waals surface area contributed by atoms with E-state index in [1.165, 1.54) is 23.6 Å². The Labute approximate surface area is 140 Å². The van der Waals surface area contributed by atoms with Crippen LogP contribution in [0.2, 0.25) is 0 Å². The molecule has 0 saturated heterocycles. The third kappa shape index (κ3) is 2.47. The highest BCUT2D eigenvalue weighted by atomic mass is 32.1. The lowest BCUT2D eigenvalue weighted by Gasteiger charge is -2.05. The van der Waals surface area contributed by atoms with Gasteiger partial charge in [0.25, 0.3) is 0 Å². The second-order valence-electron chi connectivity index (χ2n) is 5.35. The highest BCUT2D eigenvalue weighted by molar-refractivity contribution is 7.22. The summed E-state index contributed by atoms with van der Waals surface area (Å²) in [6, 6.07) is 12.5. The van der Waals surface area contributed by atoms with Gasteiger partial charge in [-0.2, -0.15) is 0 Å². The third-order valence-corrected chi connectivity index (χ3v) is 4.67. The first-order chi connectivity index (χ1) is 11.6. The first kappa shape index (κ1) is 14.6. The fourth-order valence-electron chi connectivity index (χ4n) is 2.55. The van der Waals surface area contributed by atoms with E-state index in [-0.39, 0.29) is 5.75 Å². The highest BCUT2D eigenvalue weighted by Gasteiger charge is 2.11. The number of thiazole rings is 1. The second kappa shape index (κ2) is 5.58. The molecule has 0 radical (unpaired) electrons. The molecule has 5 nitrogen and oxygen atoms in total. The summed E-state index contributed by atoms with van der Waals surface area (Å²) in [6.45, 7) is 1.82. The van der Waals surface area contributed by atoms with E-state index in [2.05, 4.69) is 9.98 Å². The second-order valence-corrected chi connectivity index (χ2v) is 6.35. The summed E-state index contributed by atoms with van der Waals surface area (Å²) in [6.07, 6.45) is 1.48. The number of aryl methyl sites for hydroxylation is 1. The van der Waals surface area contributed by atoms with Crippen molar-refractivity contribution in [2.75, 3.05) is 0 Å². The number of rotatable bonds is 2. The van der Waals surface area contributed by atoms with Crippen LogP contribution in [-0.4, -0.2) is 16.3 Å². The Morgan fingerprint density at radius 2 is 2.08 bits per heavy atom. The van der Waals surface area contributed by atoms with Gasteiger partial charge in [0.1, 0.15) is 5.75 Å². The minimum Gasteiger partial charge on any atom is -0.507 e. The van der Waals surface area contributed by atoms with Gasteiger partial charge in [-0.1, -0.05) is 23.5 Å². The van der Waals surface area contributed by atoms with Crippen LogP contribution in [0.15, 0.2) is 56.7 Å². The van der Waals surface area contributed by atoms with E-state index < -0.39 is 5.63 Å². The van der Waals surface area contributed by atoms with Crippen molar-refractivity contribution in [2.45, 2.75) is 6.92 Å². The molecule has 2 heterocycles. The normalized spacial score (nSPS) is 11.7. The maximum atomic E-state index is 11.7. The number of hydrogen-bond donors (Lipinski definition) is 1. The number of nitrogens with zero attached hydrogens (tertiary/aromatic N) is 2. The van der Waals surface area contributed by atoms with E-state index in [1.807, 2.05) is 31.2 Å². The average Bonchev–Trinajstić information content (AvgIpc) is 2.96. The van der Waals surface area contributed by atoms with Crippen molar-refractivity contribution in [3.63, 3.8) is 0 Å². The van der Waals surface area contributed by atoms with E-state index in [4.69, 9.17) is 4.42 Å². The predicted octanol–water partition coefficient (Wildman–Crippen LogP) is 4.17. The Kier molecular flexibility index (Phi) is 3.39. The Balaban J connectivity index is 1.86. The first-order valence-corrected chi connectivity index (χ1v) is 8.09. The quantitative estimate of drug-likeness (QED) is 0.440. The van der Waals surface area contributed by atoms with Gasteiger partial charge in [-0.25, -0.2) is 14.8 Å². The molecule has 0 amide bonds. The molecule has 4 rings (SSSR count). The minimum absolute atomic E-state index is 0.00103. The Morgan fingerprint density at radius 3 is 2.92 bits per heavy atom. The van der Waals surface area contributed by atoms with E-state index >= 15 is 0 Å². The molecule has 4 aromatic rings. The van der Waals surface area contributed by atoms with Crippen molar-refractivity contribution in [2.24, 2.45) is 4.99 Å². The van der Waals surface area contributed by atoms with E-state index in [9.17, 15) is 9.90 Å². The van der Waals surface area contributed by atoms with E-state index in [0.717, 1.165) is 21.2 Å². The van der Waals surface area contributed by atoms with Crippen molar-refractivity contribution in [1.29, 1.82) is 0 Å². The van der Waals surface area contributed by atoms with Crippen molar-refractivity contribution in [3.8, 4) is 5.75 Å². The summed E-state index contributed by atoms with van der Waals surface area (Å²) in [5.41, 5.74) is 1.90. The molecular formula is C18H12N2O3S. The van der Waals surface area contributed by atoms with Gasteiger partial charge in [-0.05, 0) is 36.8 Å². The van der Waals surface area contributed by atoms with E-state index in [1.54, 1.807) is 12.1 Å². The fourth-order valence-corrected chi connectivity index (χ4v) is 3.36. The minimum atomic E-state index is -0.458. The summed E-state index contributed by atoms with van der Waals surface area (Å²) >= 11 is 1.45. The number of phenols is 1. The Hall–Kier alpha value is -2.99. The molecule has 6 heteroatoms. The van der Waals surface area contributed by atoms with Crippen LogP contribution in [-0.2, 0) is 0 Å². The van der Waals surface area contributed by atoms with Crippen LogP contribution in [0.1, 0.15) is 11.1 Å². The van der Waals surface area contributed by atoms with Crippen molar-refractivity contribution >= 4 is 43.9 Å². The molecule has 1 N–H and O–H groups in total. The van der Waals surface area contributed by atoms with Crippen LogP contribution in [0.5, 0.6) is 5.75 Å². The molecule has 0 aliphatic rings. The van der Waals surface area contributed by atoms with Crippen LogP contribution in [0.4, 0.5) is 5.13 Å². The first-order valence-electron chi connectivity index (χ1n) is 7.28. The van der Waals surface area contributed by atoms with Crippen molar-refractivity contribution < 1.29 is 9.52 Å². The summed E-state index contributed by atoms with van der Waals surface area (Å²) in [7, 11) is 0. The van der Waals surface area contributed by atoms with E-state index in [0.29, 0.717) is 16.3 Å². The van der Waals surface area contributed by atoms with Crippen LogP contribution in [0.25, 0.3) is 21.2 Å². The summed E-state index contributed by atoms with van der Waals surface area (Å²) in [4.78, 5) is 20.4. The number of aliphatic imine (C=N–C) groups is 1. The van der Waals surface area contributed by atoms with Gasteiger partial charge in [0, 0.05) is 17.7 Å². The average molecular weight is 336 g/mol. The molecular weight excluding hydrogens is 324 g/mol. The molecule has 2 aromatic carbocycles. The maximum absolute atomic E-state index is 11.7. The predicted molar refractivity (Wildman–Crippen MR) is 95.8 cm³/mol. The molecule has 24 heavy (non-hydrogen) atoms. The number of benzene rings is 2. The van der Waals surface area contributed by atoms with Crippen LogP contribution in [0, 0.1) is 6.92 Å². The highest BCUT2D eigenvalue weighted by Crippen LogP contribution is 2.30. The number of aromatic nitrogens is 1. The molecule has 0 spiro atoms. The van der Waals surface area contributed by atoms with Gasteiger partial charge >= 0.3 is 5.63 Å². The monoisotopic (exact) mass is 336 g/mol. The topological polar surface area (TPSA) is 75.7 Å². The van der Waals surface area contributed by atoms with Crippen molar-refractivity contribution in [3.05, 3.63) is 64.0 Å². The molecule has 0 atom stereocenters. The Bertz CT molecular complexity index is 1130. The van der Waals surface area contributed by atoms with Gasteiger partial charge in [0.15, 0.2) is 5.58 Å². The summed E-state index contributed by atoms with van der Waals surface area (Å²) in [5.74, 6) is 0.00103. The largest absolute Gasteiger partial charge is 0.507 e. The molecule has 0 aliphatic carbocycles. The van der Waals surface area contributed by atoms with Crippen LogP contribution in [0.3, 0.4) is 0 Å². The zero-order valence-electron chi connectivity index (χ0n) is 12.7. The Morgan fingerprint density at radius 1 is 1.25 bits per heavy atom. The summed E-state index contributed by atoms with van der Waals surface area (Å²) < 4.78 is 6.31. The van der Waals surface area contributed by atoms with Gasteiger partial charge in [0.2, 0.25) is 5.13 Å². The SMILES string of the molecule is Cc1cc(=O)oc2c(C=Nc3nc4ccccc4s3)c(O)ccc12. The van der Waals surface area contributed by atoms with Gasteiger partial charge in [-0.15, -0.1) is 0 Å². The summed E-state index contributed by atoms with van der Waals surface area (Å²) in [5, 5.41) is 11.5. The molecule has 0 aliphatic heterocycles. The molecule has 0 bridgehead atoms. The van der Waals surface area contributed by atoms with Crippen molar-refractivity contribution in [1.82, 2.24) is 4.98 Å². The zero-order chi connectivity index (χ0) is 16.7. The third-order valence-electron chi connectivity index (χ3n) is 3.72. The standard InChI is InChI=1S/C18H12N2O3S/c1-10-8-16(22)23-17-11(10)6-7-14(21)12(17)9-19-18-20-13-4-2-3-5-15(13)24-18/h2-9,21H,1H3. The number of para-hydroxylation sites is 1. The number of fused-ring (bicyclic) bond motifs is 2. The van der Waals surface area contributed by atoms with Crippen LogP contribution < -0.4 is 5.63 Å². The lowest BCUT2D eigenvalue weighted by molar-refractivity contribution is 0.472. The smallest absolute Gasteiger partial charge is 0.336 e. The molecule has 0 saturated carbocycles. The van der Waals surface area contributed by atoms with Gasteiger partial charge in [0.05, 0.1) is 15.8 Å². The molecule has 0 unspecified atom stereocenters. The van der Waals surface area contributed by atoms with Crippen LogP contribution >= 0.6 is 11.3 Å². The lowest BCUT2D eigenvalue weighted by atomic mass is 10.1. The number of aromatic hydroxyl groups is 1. The fraction of sp³-hybridized carbons (Fsp3) is 0.0556. The number of phenolic OH excluding ortho intramolecular Hbond substituents is 1. The molecule has 2 aromatic heterocycles. The van der Waals surface area contributed by atoms with Gasteiger partial charge in [-0.3, -0.25) is 0 Å². The maximum Gasteiger partial charge on any atom is 0.336 e. The molecule has 0 fully saturated rings.